The Bertz CT molecular complexity index is 1240. The Labute approximate surface area is 149 Å². The minimum atomic E-state index is -0.114. The fourth-order valence-corrected chi connectivity index (χ4v) is 3.16. The highest BCUT2D eigenvalue weighted by Gasteiger charge is 2.20. The highest BCUT2D eigenvalue weighted by molar-refractivity contribution is 5.86. The number of benzene rings is 2. The van der Waals surface area contributed by atoms with Crippen LogP contribution in [-0.4, -0.2) is 19.3 Å². The SMILES string of the molecule is Cn1c(-c2ccc3nccnc3c2)c(-c2cccc(C#N)c2)c(=O)n1C. The van der Waals surface area contributed by atoms with Crippen molar-refractivity contribution in [3.05, 3.63) is 70.8 Å². The third-order valence-electron chi connectivity index (χ3n) is 4.54. The third-order valence-corrected chi connectivity index (χ3v) is 4.54. The van der Waals surface area contributed by atoms with Crippen molar-refractivity contribution in [3.8, 4) is 28.5 Å². The van der Waals surface area contributed by atoms with Crippen molar-refractivity contribution in [2.24, 2.45) is 14.1 Å². The second-order valence-electron chi connectivity index (χ2n) is 6.03. The predicted molar refractivity (Wildman–Crippen MR) is 99.3 cm³/mol. The molecule has 0 bridgehead atoms. The van der Waals surface area contributed by atoms with Crippen LogP contribution in [0.4, 0.5) is 0 Å². The molecule has 0 saturated heterocycles. The lowest BCUT2D eigenvalue weighted by Gasteiger charge is -2.09. The van der Waals surface area contributed by atoms with E-state index in [1.807, 2.05) is 36.0 Å². The molecule has 2 aromatic carbocycles. The average molecular weight is 341 g/mol. The third kappa shape index (κ3) is 2.38. The zero-order valence-corrected chi connectivity index (χ0v) is 14.3. The molecule has 0 amide bonds. The molecule has 6 nitrogen and oxygen atoms in total. The quantitative estimate of drug-likeness (QED) is 0.562. The normalized spacial score (nSPS) is 10.8. The van der Waals surface area contributed by atoms with E-state index in [9.17, 15) is 10.1 Å². The molecule has 0 spiro atoms. The van der Waals surface area contributed by atoms with Gasteiger partial charge < -0.3 is 0 Å². The van der Waals surface area contributed by atoms with Crippen LogP contribution in [-0.2, 0) is 14.1 Å². The summed E-state index contributed by atoms with van der Waals surface area (Å²) >= 11 is 0. The van der Waals surface area contributed by atoms with Crippen LogP contribution in [0, 0.1) is 11.3 Å². The number of fused-ring (bicyclic) bond motifs is 1. The van der Waals surface area contributed by atoms with Crippen molar-refractivity contribution >= 4 is 11.0 Å². The molecule has 0 aliphatic heterocycles. The summed E-state index contributed by atoms with van der Waals surface area (Å²) in [5, 5.41) is 9.19. The Hall–Kier alpha value is -3.72. The van der Waals surface area contributed by atoms with Gasteiger partial charge in [-0.25, -0.2) is 0 Å². The minimum absolute atomic E-state index is 0.114. The maximum Gasteiger partial charge on any atom is 0.274 e. The molecule has 0 atom stereocenters. The van der Waals surface area contributed by atoms with E-state index in [2.05, 4.69) is 16.0 Å². The Balaban J connectivity index is 2.03. The van der Waals surface area contributed by atoms with Gasteiger partial charge in [0.05, 0.1) is 33.9 Å². The molecule has 0 saturated carbocycles. The molecule has 4 rings (SSSR count). The van der Waals surface area contributed by atoms with Crippen LogP contribution >= 0.6 is 0 Å². The van der Waals surface area contributed by atoms with Gasteiger partial charge in [0.2, 0.25) is 0 Å². The lowest BCUT2D eigenvalue weighted by Crippen LogP contribution is -2.17. The van der Waals surface area contributed by atoms with Crippen LogP contribution in [0.1, 0.15) is 5.56 Å². The van der Waals surface area contributed by atoms with Crippen LogP contribution in [0.25, 0.3) is 33.4 Å². The lowest BCUT2D eigenvalue weighted by molar-refractivity contribution is 0.584. The van der Waals surface area contributed by atoms with Crippen molar-refractivity contribution in [1.82, 2.24) is 19.3 Å². The van der Waals surface area contributed by atoms with Gasteiger partial charge in [0.15, 0.2) is 0 Å². The molecule has 0 aliphatic carbocycles. The predicted octanol–water partition coefficient (Wildman–Crippen LogP) is 2.87. The molecule has 4 aromatic rings. The molecule has 0 unspecified atom stereocenters. The van der Waals surface area contributed by atoms with Gasteiger partial charge in [-0.05, 0) is 29.8 Å². The van der Waals surface area contributed by atoms with Crippen molar-refractivity contribution in [1.29, 1.82) is 5.26 Å². The summed E-state index contributed by atoms with van der Waals surface area (Å²) in [6.45, 7) is 0. The van der Waals surface area contributed by atoms with E-state index < -0.39 is 0 Å². The minimum Gasteiger partial charge on any atom is -0.285 e. The molecule has 6 heteroatoms. The number of nitrogens with zero attached hydrogens (tertiary/aromatic N) is 5. The van der Waals surface area contributed by atoms with Crippen LogP contribution in [0.15, 0.2) is 59.7 Å². The van der Waals surface area contributed by atoms with Crippen molar-refractivity contribution in [2.75, 3.05) is 0 Å². The molecule has 0 fully saturated rings. The summed E-state index contributed by atoms with van der Waals surface area (Å²) in [4.78, 5) is 21.5. The van der Waals surface area contributed by atoms with Crippen LogP contribution in [0.2, 0.25) is 0 Å². The maximum atomic E-state index is 12.9. The average Bonchev–Trinajstić information content (AvgIpc) is 2.91. The van der Waals surface area contributed by atoms with Gasteiger partial charge >= 0.3 is 0 Å². The van der Waals surface area contributed by atoms with Gasteiger partial charge in [-0.3, -0.25) is 24.1 Å². The Morgan fingerprint density at radius 2 is 1.69 bits per heavy atom. The van der Waals surface area contributed by atoms with E-state index in [1.54, 1.807) is 42.3 Å². The van der Waals surface area contributed by atoms with Crippen molar-refractivity contribution < 1.29 is 0 Å². The van der Waals surface area contributed by atoms with E-state index in [0.717, 1.165) is 27.9 Å². The fourth-order valence-electron chi connectivity index (χ4n) is 3.16. The molecule has 26 heavy (non-hydrogen) atoms. The summed E-state index contributed by atoms with van der Waals surface area (Å²) in [6.07, 6.45) is 3.30. The first-order valence-corrected chi connectivity index (χ1v) is 8.08. The van der Waals surface area contributed by atoms with Crippen LogP contribution < -0.4 is 5.56 Å². The Kier molecular flexibility index (Phi) is 3.63. The standard InChI is InChI=1S/C20H15N5O/c1-24-19(15-6-7-16-17(11-15)23-9-8-22-16)18(20(26)25(24)2)14-5-3-4-13(10-14)12-21/h3-11H,1-2H3. The maximum absolute atomic E-state index is 12.9. The first kappa shape index (κ1) is 15.8. The van der Waals surface area contributed by atoms with Gasteiger partial charge in [-0.1, -0.05) is 18.2 Å². The van der Waals surface area contributed by atoms with Crippen LogP contribution in [0.5, 0.6) is 0 Å². The summed E-state index contributed by atoms with van der Waals surface area (Å²) in [7, 11) is 3.57. The number of nitriles is 1. The van der Waals surface area contributed by atoms with Gasteiger partial charge in [0, 0.05) is 32.1 Å². The van der Waals surface area contributed by atoms with Crippen molar-refractivity contribution in [3.63, 3.8) is 0 Å². The molecule has 0 aliphatic rings. The highest BCUT2D eigenvalue weighted by Crippen LogP contribution is 2.31. The van der Waals surface area contributed by atoms with E-state index in [4.69, 9.17) is 0 Å². The van der Waals surface area contributed by atoms with E-state index in [0.29, 0.717) is 11.1 Å². The molecule has 0 N–H and O–H groups in total. The number of aromatic nitrogens is 4. The van der Waals surface area contributed by atoms with Crippen molar-refractivity contribution in [2.45, 2.75) is 0 Å². The zero-order chi connectivity index (χ0) is 18.3. The smallest absolute Gasteiger partial charge is 0.274 e. The fraction of sp³-hybridized carbons (Fsp3) is 0.100. The Morgan fingerprint density at radius 3 is 2.46 bits per heavy atom. The topological polar surface area (TPSA) is 76.5 Å². The second-order valence-corrected chi connectivity index (χ2v) is 6.03. The summed E-state index contributed by atoms with van der Waals surface area (Å²) in [5.74, 6) is 0. The summed E-state index contributed by atoms with van der Waals surface area (Å²) in [6, 6.07) is 15.0. The van der Waals surface area contributed by atoms with E-state index in [-0.39, 0.29) is 5.56 Å². The molecule has 2 aromatic heterocycles. The highest BCUT2D eigenvalue weighted by atomic mass is 16.1. The zero-order valence-electron chi connectivity index (χ0n) is 14.3. The van der Waals surface area contributed by atoms with Gasteiger partial charge in [-0.15, -0.1) is 0 Å². The largest absolute Gasteiger partial charge is 0.285 e. The van der Waals surface area contributed by atoms with E-state index in [1.165, 1.54) is 0 Å². The number of rotatable bonds is 2. The lowest BCUT2D eigenvalue weighted by atomic mass is 9.99. The van der Waals surface area contributed by atoms with E-state index >= 15 is 0 Å². The van der Waals surface area contributed by atoms with Crippen LogP contribution in [0.3, 0.4) is 0 Å². The Morgan fingerprint density at radius 1 is 0.923 bits per heavy atom. The second kappa shape index (κ2) is 5.97. The number of hydrogen-bond donors (Lipinski definition) is 0. The first-order chi connectivity index (χ1) is 12.6. The monoisotopic (exact) mass is 341 g/mol. The molecular formula is C20H15N5O. The molecule has 126 valence electrons. The molecule has 2 heterocycles. The molecular weight excluding hydrogens is 326 g/mol. The van der Waals surface area contributed by atoms with Gasteiger partial charge in [0.1, 0.15) is 0 Å². The number of hydrogen-bond acceptors (Lipinski definition) is 4. The van der Waals surface area contributed by atoms with Gasteiger partial charge in [-0.2, -0.15) is 5.26 Å². The summed E-state index contributed by atoms with van der Waals surface area (Å²) < 4.78 is 3.37. The first-order valence-electron chi connectivity index (χ1n) is 8.08. The molecule has 0 radical (unpaired) electrons. The summed E-state index contributed by atoms with van der Waals surface area (Å²) in [5.41, 5.74) is 4.90. The van der Waals surface area contributed by atoms with Gasteiger partial charge in [0.25, 0.3) is 5.56 Å².